The van der Waals surface area contributed by atoms with E-state index >= 15 is 0 Å². The summed E-state index contributed by atoms with van der Waals surface area (Å²) >= 11 is 0. The number of hydrogen-bond acceptors (Lipinski definition) is 3. The molecule has 19 heavy (non-hydrogen) atoms. The molecule has 0 aliphatic carbocycles. The number of aliphatic carboxylic acids is 1. The molecule has 1 aromatic rings. The zero-order valence-electron chi connectivity index (χ0n) is 10.6. The van der Waals surface area contributed by atoms with E-state index in [0.717, 1.165) is 11.3 Å². The van der Waals surface area contributed by atoms with Gasteiger partial charge in [0.15, 0.2) is 0 Å². The number of carboxylic acid groups (broad SMARTS) is 1. The summed E-state index contributed by atoms with van der Waals surface area (Å²) in [5.74, 6) is -0.506. The molecule has 102 valence electrons. The number of nitrogens with one attached hydrogen (secondary N) is 1. The van der Waals surface area contributed by atoms with Crippen molar-refractivity contribution in [2.45, 2.75) is 6.54 Å². The Kier molecular flexibility index (Phi) is 3.89. The standard InChI is InChI=1S/C13H16N2O4/c1-19-11-4-2-9(3-5-11)6-14-13(18)15-7-10(8-15)12(16)17/h2-5,10H,6-8H2,1H3,(H,14,18)(H,16,17). The van der Waals surface area contributed by atoms with Gasteiger partial charge in [-0.25, -0.2) is 4.79 Å². The summed E-state index contributed by atoms with van der Waals surface area (Å²) in [4.78, 5) is 23.8. The van der Waals surface area contributed by atoms with Gasteiger partial charge in [-0.05, 0) is 17.7 Å². The smallest absolute Gasteiger partial charge is 0.317 e. The number of hydrogen-bond donors (Lipinski definition) is 2. The fourth-order valence-electron chi connectivity index (χ4n) is 1.83. The van der Waals surface area contributed by atoms with E-state index in [0.29, 0.717) is 6.54 Å². The van der Waals surface area contributed by atoms with Gasteiger partial charge < -0.3 is 20.1 Å². The molecule has 0 bridgehead atoms. The Bertz CT molecular complexity index is 466. The first-order chi connectivity index (χ1) is 9.10. The Morgan fingerprint density at radius 2 is 2.00 bits per heavy atom. The van der Waals surface area contributed by atoms with Crippen molar-refractivity contribution in [3.8, 4) is 5.75 Å². The topological polar surface area (TPSA) is 78.9 Å². The summed E-state index contributed by atoms with van der Waals surface area (Å²) in [5, 5.41) is 11.5. The number of methoxy groups -OCH3 is 1. The lowest BCUT2D eigenvalue weighted by Crippen LogP contribution is -2.56. The fraction of sp³-hybridized carbons (Fsp3) is 0.385. The van der Waals surface area contributed by atoms with Crippen LogP contribution in [0.3, 0.4) is 0 Å². The molecule has 1 heterocycles. The second-order valence-corrected chi connectivity index (χ2v) is 4.45. The van der Waals surface area contributed by atoms with E-state index in [1.807, 2.05) is 24.3 Å². The van der Waals surface area contributed by atoms with E-state index in [-0.39, 0.29) is 19.1 Å². The first kappa shape index (κ1) is 13.2. The van der Waals surface area contributed by atoms with E-state index in [1.54, 1.807) is 7.11 Å². The summed E-state index contributed by atoms with van der Waals surface area (Å²) < 4.78 is 5.04. The van der Waals surface area contributed by atoms with Crippen LogP contribution in [-0.4, -0.2) is 42.2 Å². The van der Waals surface area contributed by atoms with Crippen LogP contribution in [0.1, 0.15) is 5.56 Å². The van der Waals surface area contributed by atoms with Gasteiger partial charge in [-0.1, -0.05) is 12.1 Å². The van der Waals surface area contributed by atoms with Crippen LogP contribution in [0.25, 0.3) is 0 Å². The number of benzene rings is 1. The summed E-state index contributed by atoms with van der Waals surface area (Å²) in [6.07, 6.45) is 0. The number of amides is 2. The largest absolute Gasteiger partial charge is 0.497 e. The highest BCUT2D eigenvalue weighted by Crippen LogP contribution is 2.16. The lowest BCUT2D eigenvalue weighted by Gasteiger charge is -2.36. The normalized spacial score (nSPS) is 14.7. The lowest BCUT2D eigenvalue weighted by molar-refractivity contribution is -0.146. The number of nitrogens with zero attached hydrogens (tertiary/aromatic N) is 1. The van der Waals surface area contributed by atoms with Crippen LogP contribution in [0, 0.1) is 5.92 Å². The molecule has 1 aromatic carbocycles. The Morgan fingerprint density at radius 1 is 1.37 bits per heavy atom. The number of rotatable bonds is 4. The van der Waals surface area contributed by atoms with E-state index in [9.17, 15) is 9.59 Å². The molecule has 6 heteroatoms. The van der Waals surface area contributed by atoms with Crippen LogP contribution in [0.2, 0.25) is 0 Å². The first-order valence-corrected chi connectivity index (χ1v) is 5.98. The van der Waals surface area contributed by atoms with E-state index in [1.165, 1.54) is 4.90 Å². The molecule has 0 radical (unpaired) electrons. The lowest BCUT2D eigenvalue weighted by atomic mass is 10.0. The number of ether oxygens (including phenoxy) is 1. The average Bonchev–Trinajstić information content (AvgIpc) is 2.34. The highest BCUT2D eigenvalue weighted by Gasteiger charge is 2.35. The summed E-state index contributed by atoms with van der Waals surface area (Å²) in [6, 6.07) is 7.16. The van der Waals surface area contributed by atoms with Crippen molar-refractivity contribution in [3.63, 3.8) is 0 Å². The van der Waals surface area contributed by atoms with Gasteiger partial charge in [0.25, 0.3) is 0 Å². The second-order valence-electron chi connectivity index (χ2n) is 4.45. The molecule has 2 amide bonds. The molecule has 0 unspecified atom stereocenters. The third kappa shape index (κ3) is 3.15. The van der Waals surface area contributed by atoms with Crippen LogP contribution >= 0.6 is 0 Å². The summed E-state index contributed by atoms with van der Waals surface area (Å²) in [7, 11) is 1.60. The van der Waals surface area contributed by atoms with Crippen molar-refractivity contribution in [3.05, 3.63) is 29.8 Å². The molecule has 1 saturated heterocycles. The molecule has 1 aliphatic heterocycles. The molecule has 1 aliphatic rings. The zero-order chi connectivity index (χ0) is 13.8. The van der Waals surface area contributed by atoms with Crippen LogP contribution in [0.15, 0.2) is 24.3 Å². The molecular weight excluding hydrogens is 248 g/mol. The molecule has 2 rings (SSSR count). The van der Waals surface area contributed by atoms with Gasteiger partial charge in [0.05, 0.1) is 13.0 Å². The van der Waals surface area contributed by atoms with Crippen LogP contribution < -0.4 is 10.1 Å². The Morgan fingerprint density at radius 3 is 2.53 bits per heavy atom. The highest BCUT2D eigenvalue weighted by molar-refractivity contribution is 5.79. The zero-order valence-corrected chi connectivity index (χ0v) is 10.6. The van der Waals surface area contributed by atoms with Gasteiger partial charge in [-0.3, -0.25) is 4.79 Å². The minimum atomic E-state index is -0.848. The third-order valence-electron chi connectivity index (χ3n) is 3.12. The minimum absolute atomic E-state index is 0.228. The summed E-state index contributed by atoms with van der Waals surface area (Å²) in [6.45, 7) is 0.977. The van der Waals surface area contributed by atoms with Crippen molar-refractivity contribution < 1.29 is 19.4 Å². The molecule has 0 saturated carbocycles. The first-order valence-electron chi connectivity index (χ1n) is 5.98. The summed E-state index contributed by atoms with van der Waals surface area (Å²) in [5.41, 5.74) is 0.962. The number of carboxylic acids is 1. The van der Waals surface area contributed by atoms with E-state index in [2.05, 4.69) is 5.32 Å². The maximum Gasteiger partial charge on any atom is 0.317 e. The molecule has 2 N–H and O–H groups in total. The van der Waals surface area contributed by atoms with Crippen LogP contribution in [-0.2, 0) is 11.3 Å². The molecule has 6 nitrogen and oxygen atoms in total. The molecule has 1 fully saturated rings. The molecular formula is C13H16N2O4. The van der Waals surface area contributed by atoms with Gasteiger partial charge >= 0.3 is 12.0 Å². The predicted octanol–water partition coefficient (Wildman–Crippen LogP) is 0.921. The monoisotopic (exact) mass is 264 g/mol. The SMILES string of the molecule is COc1ccc(CNC(=O)N2CC(C(=O)O)C2)cc1. The Hall–Kier alpha value is -2.24. The van der Waals surface area contributed by atoms with Crippen LogP contribution in [0.5, 0.6) is 5.75 Å². The van der Waals surface area contributed by atoms with Crippen molar-refractivity contribution >= 4 is 12.0 Å². The van der Waals surface area contributed by atoms with Crippen molar-refractivity contribution in [1.82, 2.24) is 10.2 Å². The Balaban J connectivity index is 1.76. The van der Waals surface area contributed by atoms with Gasteiger partial charge in [0.2, 0.25) is 0 Å². The van der Waals surface area contributed by atoms with Gasteiger partial charge in [0, 0.05) is 19.6 Å². The third-order valence-corrected chi connectivity index (χ3v) is 3.12. The predicted molar refractivity (Wildman–Crippen MR) is 67.9 cm³/mol. The second kappa shape index (κ2) is 5.60. The van der Waals surface area contributed by atoms with E-state index in [4.69, 9.17) is 9.84 Å². The van der Waals surface area contributed by atoms with E-state index < -0.39 is 11.9 Å². The number of carbonyl (C=O) groups excluding carboxylic acids is 1. The number of likely N-dealkylation sites (tertiary alicyclic amines) is 1. The van der Waals surface area contributed by atoms with Crippen LogP contribution in [0.4, 0.5) is 4.79 Å². The maximum absolute atomic E-state index is 11.7. The van der Waals surface area contributed by atoms with Crippen molar-refractivity contribution in [2.75, 3.05) is 20.2 Å². The fourth-order valence-corrected chi connectivity index (χ4v) is 1.83. The molecule has 0 aromatic heterocycles. The molecule has 0 atom stereocenters. The minimum Gasteiger partial charge on any atom is -0.497 e. The highest BCUT2D eigenvalue weighted by atomic mass is 16.5. The van der Waals surface area contributed by atoms with Crippen molar-refractivity contribution in [1.29, 1.82) is 0 Å². The molecule has 0 spiro atoms. The number of urea groups is 1. The van der Waals surface area contributed by atoms with Gasteiger partial charge in [-0.15, -0.1) is 0 Å². The quantitative estimate of drug-likeness (QED) is 0.847. The average molecular weight is 264 g/mol. The Labute approximate surface area is 111 Å². The maximum atomic E-state index is 11.7. The van der Waals surface area contributed by atoms with Gasteiger partial charge in [0.1, 0.15) is 5.75 Å². The van der Waals surface area contributed by atoms with Crippen molar-refractivity contribution in [2.24, 2.45) is 5.92 Å². The van der Waals surface area contributed by atoms with Gasteiger partial charge in [-0.2, -0.15) is 0 Å². The number of carbonyl (C=O) groups is 2.